The molecule has 22 rings (SSSR count). The molecule has 0 spiro atoms. The van der Waals surface area contributed by atoms with Crippen LogP contribution in [0, 0.1) is 0 Å². The summed E-state index contributed by atoms with van der Waals surface area (Å²) in [5.74, 6) is 0. The van der Waals surface area contributed by atoms with Gasteiger partial charge in [0.25, 0.3) is 0 Å². The molecular formula is C37H61BrO30. The Balaban J connectivity index is 1.21. The van der Waals surface area contributed by atoms with Crippen molar-refractivity contribution in [2.75, 3.05) is 45.2 Å². The molecule has 396 valence electrons. The lowest BCUT2D eigenvalue weighted by Crippen LogP contribution is -2.69. The predicted octanol–water partition coefficient (Wildman–Crippen LogP) is -11.7. The number of hydrogen-bond acceptors (Lipinski definition) is 30. The zero-order valence-electron chi connectivity index (χ0n) is 35.6. The van der Waals surface area contributed by atoms with E-state index in [1.807, 2.05) is 0 Å². The van der Waals surface area contributed by atoms with Gasteiger partial charge < -0.3 is 148 Å². The summed E-state index contributed by atoms with van der Waals surface area (Å²) in [6.07, 6.45) is -56.9. The highest BCUT2D eigenvalue weighted by molar-refractivity contribution is 9.09. The van der Waals surface area contributed by atoms with E-state index in [0.29, 0.717) is 0 Å². The average molecular weight is 1070 g/mol. The fourth-order valence-electron chi connectivity index (χ4n) is 9.18. The molecule has 0 amide bonds. The Bertz CT molecular complexity index is 1550. The zero-order valence-corrected chi connectivity index (χ0v) is 37.1. The lowest BCUT2D eigenvalue weighted by Gasteiger charge is -2.51. The van der Waals surface area contributed by atoms with Gasteiger partial charge in [0.05, 0.1) is 39.6 Å². The third-order valence-electron chi connectivity index (χ3n) is 12.9. The standard InChI is InChI=1S/C37H61BrO30/c38-7-56-31-24(55)37-62-13(6-44)30(31)68-36-23(54)18(49)28(11(4-42)61-36)66-34-21(52)16(47)26(9(2-40)59-34)64-32-19(50)14(45)25(8(1-39)57-32)63-33-20(51)15(46)27(10(3-41)58-33)65-35-22(53)17(48)29(67-37)12(5-43)60-35/h8-37,39-55H,1-7H2/t8-,9-,10-,11-,12-,13-,14-,15-,16-,17-,18-,19-,20-,21-,22-,23-,24-,25-,26-,27-,28-,29-,30+,31-,32-,33-,34-,35-,36-,37-/m1/s1. The molecule has 30 nitrogen and oxygen atoms in total. The Morgan fingerprint density at radius 3 is 0.662 bits per heavy atom. The van der Waals surface area contributed by atoms with Crippen molar-refractivity contribution in [1.29, 1.82) is 0 Å². The van der Waals surface area contributed by atoms with Gasteiger partial charge in [0.1, 0.15) is 152 Å². The highest BCUT2D eigenvalue weighted by Gasteiger charge is 2.59. The molecule has 22 heterocycles. The minimum absolute atomic E-state index is 0.319. The molecule has 22 saturated heterocycles. The maximum atomic E-state index is 11.6. The van der Waals surface area contributed by atoms with Crippen LogP contribution in [0.5, 0.6) is 0 Å². The van der Waals surface area contributed by atoms with Crippen LogP contribution in [-0.2, 0) is 61.6 Å². The minimum Gasteiger partial charge on any atom is -0.394 e. The summed E-state index contributed by atoms with van der Waals surface area (Å²) in [7, 11) is 0. The first-order valence-electron chi connectivity index (χ1n) is 21.6. The van der Waals surface area contributed by atoms with Crippen molar-refractivity contribution in [3.63, 3.8) is 0 Å². The Morgan fingerprint density at radius 2 is 0.456 bits per heavy atom. The van der Waals surface area contributed by atoms with Crippen LogP contribution in [0.4, 0.5) is 0 Å². The molecular weight excluding hydrogens is 1000 g/mol. The second kappa shape index (κ2) is 23.7. The summed E-state index contributed by atoms with van der Waals surface area (Å²) in [6.45, 7) is -5.84. The number of halogens is 1. The first-order chi connectivity index (χ1) is 32.5. The van der Waals surface area contributed by atoms with E-state index in [4.69, 9.17) is 61.6 Å². The summed E-state index contributed by atoms with van der Waals surface area (Å²) < 4.78 is 74.6. The molecule has 31 heteroatoms. The van der Waals surface area contributed by atoms with Crippen LogP contribution in [0.1, 0.15) is 0 Å². The second-order valence-electron chi connectivity index (χ2n) is 17.1. The Labute approximate surface area is 393 Å². The molecule has 22 fully saturated rings. The van der Waals surface area contributed by atoms with Crippen LogP contribution in [-0.4, -0.2) is 316 Å². The van der Waals surface area contributed by atoms with Gasteiger partial charge >= 0.3 is 0 Å². The monoisotopic (exact) mass is 1060 g/mol. The van der Waals surface area contributed by atoms with E-state index in [9.17, 15) is 86.8 Å². The first kappa shape index (κ1) is 55.0. The van der Waals surface area contributed by atoms with Crippen molar-refractivity contribution in [3.05, 3.63) is 0 Å². The normalized spacial score (nSPS) is 54.1. The van der Waals surface area contributed by atoms with E-state index >= 15 is 0 Å². The molecule has 0 aromatic carbocycles. The molecule has 0 aromatic rings. The highest BCUT2D eigenvalue weighted by atomic mass is 79.9. The number of ether oxygens (including phenoxy) is 13. The van der Waals surface area contributed by atoms with E-state index in [2.05, 4.69) is 15.9 Å². The second-order valence-corrected chi connectivity index (χ2v) is 17.6. The molecule has 68 heavy (non-hydrogen) atoms. The number of hydrogen-bond donors (Lipinski definition) is 17. The van der Waals surface area contributed by atoms with Gasteiger partial charge in [0, 0.05) is 0 Å². The van der Waals surface area contributed by atoms with E-state index in [0.717, 1.165) is 0 Å². The van der Waals surface area contributed by atoms with E-state index in [1.165, 1.54) is 0 Å². The number of alkyl halides is 1. The van der Waals surface area contributed by atoms with Crippen molar-refractivity contribution in [3.8, 4) is 0 Å². The summed E-state index contributed by atoms with van der Waals surface area (Å²) >= 11 is 3.07. The van der Waals surface area contributed by atoms with Crippen LogP contribution >= 0.6 is 15.9 Å². The van der Waals surface area contributed by atoms with Gasteiger partial charge in [-0.05, 0) is 0 Å². The third-order valence-corrected chi connectivity index (χ3v) is 13.2. The Morgan fingerprint density at radius 1 is 0.265 bits per heavy atom. The summed E-state index contributed by atoms with van der Waals surface area (Å²) in [6, 6.07) is 0. The van der Waals surface area contributed by atoms with Crippen molar-refractivity contribution in [1.82, 2.24) is 0 Å². The van der Waals surface area contributed by atoms with Gasteiger partial charge in [0.15, 0.2) is 37.7 Å². The van der Waals surface area contributed by atoms with Crippen molar-refractivity contribution < 1.29 is 148 Å². The summed E-state index contributed by atoms with van der Waals surface area (Å²) in [5.41, 5.74) is -0.319. The number of rotatable bonds is 8. The fourth-order valence-corrected chi connectivity index (χ4v) is 9.48. The van der Waals surface area contributed by atoms with E-state index in [1.54, 1.807) is 0 Å². The maximum absolute atomic E-state index is 11.6. The van der Waals surface area contributed by atoms with Gasteiger partial charge in [-0.3, -0.25) is 0 Å². The molecule has 17 N–H and O–H groups in total. The topological polar surface area (TPSA) is 464 Å². The quantitative estimate of drug-likeness (QED) is 0.100. The molecule has 0 aromatic heterocycles. The lowest BCUT2D eigenvalue weighted by atomic mass is 9.94. The summed E-state index contributed by atoms with van der Waals surface area (Å²) in [5, 5.41) is 186. The SMILES string of the molecule is OC[C@H]1O[C@@H]2O[C@H]3[C@H](O)[C@@H](O)[C@@H](O[C@H]4[C@H](O)[C@@H](O)[C@@H](O[C@H]5[C@H](O)[C@@H](O)[C@@H](O[C@H]6[C@H](O)[C@@H](O)[C@@H](O[C@H]7[C@H](O)[C@@H](O)[C@@H](O[C@@H]1[C@H](OCBr)[C@H]2O)O[C@@H]7CO)O[C@@H]6CO)O[C@@H]5CO)O[C@@H]4CO)O[C@@H]3CO. The van der Waals surface area contributed by atoms with Gasteiger partial charge in [-0.25, -0.2) is 0 Å². The molecule has 0 radical (unpaired) electrons. The molecule has 22 aliphatic rings. The van der Waals surface area contributed by atoms with Gasteiger partial charge in [0.2, 0.25) is 0 Å². The Kier molecular flexibility index (Phi) is 19.1. The maximum Gasteiger partial charge on any atom is 0.187 e. The highest BCUT2D eigenvalue weighted by Crippen LogP contribution is 2.38. The van der Waals surface area contributed by atoms with Gasteiger partial charge in [-0.15, -0.1) is 0 Å². The average Bonchev–Trinajstić information content (AvgIpc) is 3.33. The van der Waals surface area contributed by atoms with Crippen LogP contribution < -0.4 is 0 Å². The number of aliphatic hydroxyl groups is 17. The lowest BCUT2D eigenvalue weighted by molar-refractivity contribution is -0.404. The van der Waals surface area contributed by atoms with Crippen LogP contribution in [0.25, 0.3) is 0 Å². The van der Waals surface area contributed by atoms with E-state index < -0.39 is 224 Å². The van der Waals surface area contributed by atoms with Crippen LogP contribution in [0.3, 0.4) is 0 Å². The third kappa shape index (κ3) is 10.8. The van der Waals surface area contributed by atoms with Crippen molar-refractivity contribution >= 4 is 15.9 Å². The van der Waals surface area contributed by atoms with Crippen molar-refractivity contribution in [2.45, 2.75) is 184 Å². The Hall–Kier alpha value is -0.720. The predicted molar refractivity (Wildman–Crippen MR) is 208 cm³/mol. The molecule has 30 atom stereocenters. The molecule has 0 unspecified atom stereocenters. The van der Waals surface area contributed by atoms with Crippen LogP contribution in [0.2, 0.25) is 0 Å². The molecule has 0 aliphatic carbocycles. The van der Waals surface area contributed by atoms with E-state index in [-0.39, 0.29) is 5.52 Å². The first-order valence-corrected chi connectivity index (χ1v) is 22.8. The fraction of sp³-hybridized carbons (Fsp3) is 1.00. The largest absolute Gasteiger partial charge is 0.394 e. The number of aliphatic hydroxyl groups excluding tert-OH is 17. The summed E-state index contributed by atoms with van der Waals surface area (Å²) in [4.78, 5) is 0. The minimum atomic E-state index is -2.14. The zero-order chi connectivity index (χ0) is 49.5. The molecule has 0 saturated carbocycles. The molecule has 12 bridgehead atoms. The van der Waals surface area contributed by atoms with Gasteiger partial charge in [-0.2, -0.15) is 0 Å². The van der Waals surface area contributed by atoms with Crippen LogP contribution in [0.15, 0.2) is 0 Å². The molecule has 22 aliphatic heterocycles. The smallest absolute Gasteiger partial charge is 0.187 e. The van der Waals surface area contributed by atoms with Crippen molar-refractivity contribution in [2.24, 2.45) is 0 Å². The van der Waals surface area contributed by atoms with Gasteiger partial charge in [-0.1, -0.05) is 15.9 Å².